The van der Waals surface area contributed by atoms with Crippen LogP contribution in [0.5, 0.6) is 0 Å². The van der Waals surface area contributed by atoms with E-state index in [0.717, 1.165) is 5.69 Å². The van der Waals surface area contributed by atoms with Gasteiger partial charge in [0.15, 0.2) is 0 Å². The van der Waals surface area contributed by atoms with Crippen molar-refractivity contribution in [3.05, 3.63) is 41.7 Å². The van der Waals surface area contributed by atoms with Crippen LogP contribution in [0.15, 0.2) is 36.7 Å². The Labute approximate surface area is 108 Å². The van der Waals surface area contributed by atoms with E-state index < -0.39 is 0 Å². The third kappa shape index (κ3) is 2.78. The molecule has 1 N–H and O–H groups in total. The SMILES string of the molecule is O=C(CCl)Nc1ccc(-n2cccn2)c(Cl)c1. The molecule has 0 saturated heterocycles. The van der Waals surface area contributed by atoms with Crippen molar-refractivity contribution in [1.29, 1.82) is 0 Å². The number of nitrogens with one attached hydrogen (secondary N) is 1. The van der Waals surface area contributed by atoms with Gasteiger partial charge in [-0.2, -0.15) is 5.10 Å². The molecule has 2 rings (SSSR count). The van der Waals surface area contributed by atoms with Gasteiger partial charge in [0.05, 0.1) is 10.7 Å². The van der Waals surface area contributed by atoms with Crippen LogP contribution in [-0.4, -0.2) is 21.6 Å². The van der Waals surface area contributed by atoms with E-state index in [-0.39, 0.29) is 11.8 Å². The first-order chi connectivity index (χ1) is 8.20. The normalized spacial score (nSPS) is 10.2. The Kier molecular flexibility index (Phi) is 3.66. The van der Waals surface area contributed by atoms with E-state index in [9.17, 15) is 4.79 Å². The van der Waals surface area contributed by atoms with Crippen molar-refractivity contribution in [2.75, 3.05) is 11.2 Å². The number of amides is 1. The fourth-order valence-electron chi connectivity index (χ4n) is 1.38. The Morgan fingerprint density at radius 1 is 1.47 bits per heavy atom. The standard InChI is InChI=1S/C11H9Cl2N3O/c12-7-11(17)15-8-2-3-10(9(13)6-8)16-5-1-4-14-16/h1-6H,7H2,(H,15,17). The molecule has 0 bridgehead atoms. The molecule has 0 aliphatic carbocycles. The first kappa shape index (κ1) is 12.0. The summed E-state index contributed by atoms with van der Waals surface area (Å²) >= 11 is 11.5. The molecule has 1 aromatic carbocycles. The van der Waals surface area contributed by atoms with Crippen LogP contribution in [0.25, 0.3) is 5.69 Å². The van der Waals surface area contributed by atoms with Crippen LogP contribution < -0.4 is 5.32 Å². The van der Waals surface area contributed by atoms with E-state index >= 15 is 0 Å². The molecular weight excluding hydrogens is 261 g/mol. The largest absolute Gasteiger partial charge is 0.325 e. The quantitative estimate of drug-likeness (QED) is 0.871. The van der Waals surface area contributed by atoms with Crippen LogP contribution in [0.3, 0.4) is 0 Å². The number of hydrogen-bond acceptors (Lipinski definition) is 2. The highest BCUT2D eigenvalue weighted by Gasteiger charge is 2.06. The minimum atomic E-state index is -0.269. The number of hydrogen-bond donors (Lipinski definition) is 1. The zero-order chi connectivity index (χ0) is 12.3. The Morgan fingerprint density at radius 2 is 2.29 bits per heavy atom. The van der Waals surface area contributed by atoms with Crippen LogP contribution in [0, 0.1) is 0 Å². The Hall–Kier alpha value is -1.52. The lowest BCUT2D eigenvalue weighted by atomic mass is 10.2. The minimum absolute atomic E-state index is 0.0848. The molecule has 0 aliphatic heterocycles. The molecule has 6 heteroatoms. The summed E-state index contributed by atoms with van der Waals surface area (Å²) in [6.07, 6.45) is 3.46. The lowest BCUT2D eigenvalue weighted by Crippen LogP contribution is -2.12. The van der Waals surface area contributed by atoms with E-state index in [1.165, 1.54) is 0 Å². The van der Waals surface area contributed by atoms with E-state index in [2.05, 4.69) is 10.4 Å². The zero-order valence-electron chi connectivity index (χ0n) is 8.73. The van der Waals surface area contributed by atoms with Crippen molar-refractivity contribution in [3.63, 3.8) is 0 Å². The van der Waals surface area contributed by atoms with Crippen LogP contribution >= 0.6 is 23.2 Å². The Morgan fingerprint density at radius 3 is 2.88 bits per heavy atom. The molecule has 88 valence electrons. The van der Waals surface area contributed by atoms with Gasteiger partial charge in [-0.1, -0.05) is 11.6 Å². The van der Waals surface area contributed by atoms with E-state index in [0.29, 0.717) is 10.7 Å². The van der Waals surface area contributed by atoms with Crippen LogP contribution in [0.4, 0.5) is 5.69 Å². The third-order valence-electron chi connectivity index (χ3n) is 2.10. The number of anilines is 1. The zero-order valence-corrected chi connectivity index (χ0v) is 10.2. The van der Waals surface area contributed by atoms with Crippen LogP contribution in [0.1, 0.15) is 0 Å². The van der Waals surface area contributed by atoms with Gasteiger partial charge in [-0.05, 0) is 24.3 Å². The molecule has 0 atom stereocenters. The highest BCUT2D eigenvalue weighted by molar-refractivity contribution is 6.33. The molecule has 1 aromatic heterocycles. The van der Waals surface area contributed by atoms with Gasteiger partial charge in [0, 0.05) is 18.1 Å². The number of aromatic nitrogens is 2. The fraction of sp³-hybridized carbons (Fsp3) is 0.0909. The molecule has 0 saturated carbocycles. The highest BCUT2D eigenvalue weighted by Crippen LogP contribution is 2.23. The molecular formula is C11H9Cl2N3O. The van der Waals surface area contributed by atoms with Crippen molar-refractivity contribution in [1.82, 2.24) is 9.78 Å². The second-order valence-electron chi connectivity index (χ2n) is 3.30. The predicted molar refractivity (Wildman–Crippen MR) is 67.9 cm³/mol. The van der Waals surface area contributed by atoms with Crippen molar-refractivity contribution in [3.8, 4) is 5.69 Å². The number of rotatable bonds is 3. The second-order valence-corrected chi connectivity index (χ2v) is 3.97. The molecule has 0 spiro atoms. The van der Waals surface area contributed by atoms with Crippen molar-refractivity contribution >= 4 is 34.8 Å². The third-order valence-corrected chi connectivity index (χ3v) is 2.65. The molecule has 1 amide bonds. The number of alkyl halides is 1. The molecule has 0 fully saturated rings. The van der Waals surface area contributed by atoms with E-state index in [1.807, 2.05) is 0 Å². The first-order valence-electron chi connectivity index (χ1n) is 4.86. The van der Waals surface area contributed by atoms with Gasteiger partial charge < -0.3 is 5.32 Å². The van der Waals surface area contributed by atoms with Gasteiger partial charge >= 0.3 is 0 Å². The number of benzene rings is 1. The summed E-state index contributed by atoms with van der Waals surface area (Å²) in [5.41, 5.74) is 1.36. The molecule has 17 heavy (non-hydrogen) atoms. The molecule has 0 aliphatic rings. The van der Waals surface area contributed by atoms with Crippen LogP contribution in [-0.2, 0) is 4.79 Å². The van der Waals surface area contributed by atoms with Gasteiger partial charge in [0.25, 0.3) is 0 Å². The summed E-state index contributed by atoms with van der Waals surface area (Å²) in [4.78, 5) is 11.1. The molecule has 4 nitrogen and oxygen atoms in total. The lowest BCUT2D eigenvalue weighted by molar-refractivity contribution is -0.113. The number of nitrogens with zero attached hydrogens (tertiary/aromatic N) is 2. The first-order valence-corrected chi connectivity index (χ1v) is 5.77. The maximum atomic E-state index is 11.1. The Balaban J connectivity index is 2.26. The number of carbonyl (C=O) groups excluding carboxylic acids is 1. The van der Waals surface area contributed by atoms with Crippen molar-refractivity contribution in [2.45, 2.75) is 0 Å². The number of halogens is 2. The fourth-order valence-corrected chi connectivity index (χ4v) is 1.71. The average Bonchev–Trinajstić information content (AvgIpc) is 2.82. The van der Waals surface area contributed by atoms with Crippen LogP contribution in [0.2, 0.25) is 5.02 Å². The van der Waals surface area contributed by atoms with Crippen molar-refractivity contribution < 1.29 is 4.79 Å². The summed E-state index contributed by atoms with van der Waals surface area (Å²) in [5.74, 6) is -0.354. The molecule has 0 radical (unpaired) electrons. The summed E-state index contributed by atoms with van der Waals surface area (Å²) in [7, 11) is 0. The number of carbonyl (C=O) groups is 1. The van der Waals surface area contributed by atoms with Gasteiger partial charge in [0.1, 0.15) is 5.88 Å². The Bertz CT molecular complexity index is 526. The summed E-state index contributed by atoms with van der Waals surface area (Å²) in [5, 5.41) is 7.20. The summed E-state index contributed by atoms with van der Waals surface area (Å²) in [6.45, 7) is 0. The highest BCUT2D eigenvalue weighted by atomic mass is 35.5. The van der Waals surface area contributed by atoms with Gasteiger partial charge in [-0.3, -0.25) is 4.79 Å². The summed E-state index contributed by atoms with van der Waals surface area (Å²) < 4.78 is 1.65. The lowest BCUT2D eigenvalue weighted by Gasteiger charge is -2.07. The monoisotopic (exact) mass is 269 g/mol. The van der Waals surface area contributed by atoms with Gasteiger partial charge in [0.2, 0.25) is 5.91 Å². The van der Waals surface area contributed by atoms with Gasteiger partial charge in [-0.25, -0.2) is 4.68 Å². The maximum absolute atomic E-state index is 11.1. The predicted octanol–water partition coefficient (Wildman–Crippen LogP) is 2.70. The second kappa shape index (κ2) is 5.21. The topological polar surface area (TPSA) is 46.9 Å². The maximum Gasteiger partial charge on any atom is 0.239 e. The smallest absolute Gasteiger partial charge is 0.239 e. The van der Waals surface area contributed by atoms with Crippen molar-refractivity contribution in [2.24, 2.45) is 0 Å². The van der Waals surface area contributed by atoms with E-state index in [1.54, 1.807) is 41.3 Å². The van der Waals surface area contributed by atoms with E-state index in [4.69, 9.17) is 23.2 Å². The molecule has 2 aromatic rings. The molecule has 0 unspecified atom stereocenters. The minimum Gasteiger partial charge on any atom is -0.325 e. The average molecular weight is 270 g/mol. The van der Waals surface area contributed by atoms with Gasteiger partial charge in [-0.15, -0.1) is 11.6 Å². The summed E-state index contributed by atoms with van der Waals surface area (Å²) in [6, 6.07) is 6.98. The molecule has 1 heterocycles.